The van der Waals surface area contributed by atoms with Crippen molar-refractivity contribution in [2.24, 2.45) is 20.0 Å². The molecule has 0 saturated carbocycles. The maximum atomic E-state index is 12.3. The van der Waals surface area contributed by atoms with E-state index in [9.17, 15) is 9.59 Å². The molecule has 2 aliphatic rings. The van der Waals surface area contributed by atoms with Crippen molar-refractivity contribution in [1.82, 2.24) is 9.97 Å². The summed E-state index contributed by atoms with van der Waals surface area (Å²) >= 11 is 0. The van der Waals surface area contributed by atoms with Gasteiger partial charge in [-0.2, -0.15) is 4.99 Å². The number of benzene rings is 1. The lowest BCUT2D eigenvalue weighted by Crippen LogP contribution is -2.28. The minimum atomic E-state index is -0.479. The first-order valence-corrected chi connectivity index (χ1v) is 8.24. The first-order valence-electron chi connectivity index (χ1n) is 8.24. The van der Waals surface area contributed by atoms with Crippen LogP contribution in [-0.4, -0.2) is 40.4 Å². The Morgan fingerprint density at radius 2 is 1.89 bits per heavy atom. The van der Waals surface area contributed by atoms with Crippen molar-refractivity contribution in [2.75, 3.05) is 0 Å². The van der Waals surface area contributed by atoms with Crippen LogP contribution >= 0.6 is 0 Å². The molecular formula is C19H12N6O3. The highest BCUT2D eigenvalue weighted by Crippen LogP contribution is 2.20. The summed E-state index contributed by atoms with van der Waals surface area (Å²) in [5, 5.41) is 0.380. The number of fused-ring (bicyclic) bond motifs is 2. The number of amides is 2. The summed E-state index contributed by atoms with van der Waals surface area (Å²) in [6.07, 6.45) is 8.30. The summed E-state index contributed by atoms with van der Waals surface area (Å²) < 4.78 is 5.46. The first-order chi connectivity index (χ1) is 13.7. The fourth-order valence-electron chi connectivity index (χ4n) is 2.50. The lowest BCUT2D eigenvalue weighted by molar-refractivity contribution is -0.117. The molecule has 4 rings (SSSR count). The van der Waals surface area contributed by atoms with Gasteiger partial charge in [0, 0.05) is 24.7 Å². The van der Waals surface area contributed by atoms with E-state index in [-0.39, 0.29) is 29.2 Å². The number of hydrogen-bond acceptors (Lipinski definition) is 7. The lowest BCUT2D eigenvalue weighted by Gasteiger charge is -2.01. The van der Waals surface area contributed by atoms with E-state index in [0.29, 0.717) is 16.7 Å². The van der Waals surface area contributed by atoms with Crippen molar-refractivity contribution < 1.29 is 14.3 Å². The van der Waals surface area contributed by atoms with Gasteiger partial charge in [0.05, 0.1) is 29.2 Å². The Labute approximate surface area is 158 Å². The maximum absolute atomic E-state index is 12.3. The molecule has 136 valence electrons. The number of ether oxygens (including phenoxy) is 1. The van der Waals surface area contributed by atoms with Crippen LogP contribution in [0.5, 0.6) is 5.75 Å². The molecule has 2 bridgehead atoms. The number of nitrogens with zero attached hydrogens (tertiary/aromatic N) is 6. The third-order valence-corrected chi connectivity index (χ3v) is 3.75. The van der Waals surface area contributed by atoms with Gasteiger partial charge in [-0.1, -0.05) is 6.07 Å². The molecule has 2 aromatic rings. The number of aliphatic imine (C=N–C) groups is 3. The Bertz CT molecular complexity index is 1210. The third-order valence-electron chi connectivity index (χ3n) is 3.75. The van der Waals surface area contributed by atoms with Crippen molar-refractivity contribution in [3.05, 3.63) is 53.6 Å². The highest BCUT2D eigenvalue weighted by Gasteiger charge is 2.18. The Morgan fingerprint density at radius 1 is 1.00 bits per heavy atom. The average Bonchev–Trinajstić information content (AvgIpc) is 3.02. The maximum Gasteiger partial charge on any atom is 0.281 e. The molecule has 2 aliphatic heterocycles. The van der Waals surface area contributed by atoms with Gasteiger partial charge in [0.2, 0.25) is 5.91 Å². The van der Waals surface area contributed by atoms with Crippen molar-refractivity contribution in [3.63, 3.8) is 0 Å². The zero-order chi connectivity index (χ0) is 19.3. The van der Waals surface area contributed by atoms with Gasteiger partial charge in [0.25, 0.3) is 5.91 Å². The van der Waals surface area contributed by atoms with Crippen LogP contribution in [0.4, 0.5) is 11.5 Å². The van der Waals surface area contributed by atoms with Gasteiger partial charge in [0.15, 0.2) is 11.3 Å². The van der Waals surface area contributed by atoms with Crippen LogP contribution < -0.4 is 15.4 Å². The number of aromatic nitrogens is 2. The van der Waals surface area contributed by atoms with Crippen molar-refractivity contribution >= 4 is 47.5 Å². The van der Waals surface area contributed by atoms with Crippen LogP contribution in [0.3, 0.4) is 0 Å². The van der Waals surface area contributed by atoms with Crippen LogP contribution in [0.1, 0.15) is 6.42 Å². The van der Waals surface area contributed by atoms with E-state index in [2.05, 4.69) is 29.9 Å². The second-order valence-electron chi connectivity index (χ2n) is 5.63. The van der Waals surface area contributed by atoms with E-state index < -0.39 is 5.91 Å². The van der Waals surface area contributed by atoms with Gasteiger partial charge in [-0.3, -0.25) is 14.6 Å². The molecule has 0 atom stereocenters. The smallest absolute Gasteiger partial charge is 0.281 e. The summed E-state index contributed by atoms with van der Waals surface area (Å²) in [5.74, 6) is -0.0709. The normalized spacial score (nSPS) is 20.4. The largest absolute Gasteiger partial charge is 0.465 e. The minimum Gasteiger partial charge on any atom is -0.465 e. The van der Waals surface area contributed by atoms with Crippen LogP contribution in [0.15, 0.2) is 62.9 Å². The van der Waals surface area contributed by atoms with E-state index in [1.165, 1.54) is 31.2 Å². The molecule has 0 spiro atoms. The van der Waals surface area contributed by atoms with Gasteiger partial charge in [-0.05, 0) is 18.2 Å². The molecule has 0 N–H and O–H groups in total. The van der Waals surface area contributed by atoms with Crippen molar-refractivity contribution in [1.29, 1.82) is 0 Å². The summed E-state index contributed by atoms with van der Waals surface area (Å²) in [4.78, 5) is 48.3. The number of hydrogen-bond donors (Lipinski definition) is 0. The molecule has 0 radical (unpaired) electrons. The summed E-state index contributed by atoms with van der Waals surface area (Å²) in [6, 6.07) is 6.96. The summed E-state index contributed by atoms with van der Waals surface area (Å²) in [7, 11) is 0. The highest BCUT2D eigenvalue weighted by atomic mass is 16.5. The van der Waals surface area contributed by atoms with Crippen LogP contribution in [0.2, 0.25) is 0 Å². The van der Waals surface area contributed by atoms with Gasteiger partial charge in [0.1, 0.15) is 12.1 Å². The second kappa shape index (κ2) is 7.62. The standard InChI is InChI=1S/C19H12N6O3/c26-15-5-2-8-28-13-4-1-3-12(9-13)22-10-14-16-17(21-7-6-20-15)23-11-24-18(16)25-19(14)27/h1-4,6-11H,5H2/b8-2-,20-6+,21-7+,22-10-. The second-order valence-corrected chi connectivity index (χ2v) is 5.63. The molecule has 9 heteroatoms. The first kappa shape index (κ1) is 17.3. The average molecular weight is 372 g/mol. The third kappa shape index (κ3) is 3.68. The van der Waals surface area contributed by atoms with Crippen LogP contribution in [-0.2, 0) is 9.59 Å². The molecular weight excluding hydrogens is 360 g/mol. The molecule has 2 amide bonds. The Morgan fingerprint density at radius 3 is 2.82 bits per heavy atom. The zero-order valence-corrected chi connectivity index (χ0v) is 14.4. The van der Waals surface area contributed by atoms with Crippen LogP contribution in [0, 0.1) is 0 Å². The Balaban J connectivity index is 1.86. The fraction of sp³-hybridized carbons (Fsp3) is 0.0526. The fourth-order valence-corrected chi connectivity index (χ4v) is 2.50. The Kier molecular flexibility index (Phi) is 4.70. The van der Waals surface area contributed by atoms with Gasteiger partial charge >= 0.3 is 0 Å². The predicted octanol–water partition coefficient (Wildman–Crippen LogP) is 0.785. The lowest BCUT2D eigenvalue weighted by atomic mass is 10.2. The molecule has 0 saturated heterocycles. The SMILES string of the molecule is O=C1C/C=C\Oc2cccc(c2)/N=C\C2=c3c(ncnc3=NC2=O)/N=C/C=N/1. The number of carbonyl (C=O) groups excluding carboxylic acids is 2. The monoisotopic (exact) mass is 372 g/mol. The van der Waals surface area contributed by atoms with E-state index in [4.69, 9.17) is 4.74 Å². The van der Waals surface area contributed by atoms with Crippen LogP contribution in [0.25, 0.3) is 5.57 Å². The number of rotatable bonds is 0. The predicted molar refractivity (Wildman–Crippen MR) is 102 cm³/mol. The van der Waals surface area contributed by atoms with Gasteiger partial charge in [-0.25, -0.2) is 20.0 Å². The Hall–Kier alpha value is -4.14. The minimum absolute atomic E-state index is 0.0798. The van der Waals surface area contributed by atoms with E-state index >= 15 is 0 Å². The molecule has 0 unspecified atom stereocenters. The van der Waals surface area contributed by atoms with Crippen molar-refractivity contribution in [3.8, 4) is 5.75 Å². The molecule has 0 aliphatic carbocycles. The van der Waals surface area contributed by atoms with Gasteiger partial charge in [-0.15, -0.1) is 0 Å². The zero-order valence-electron chi connectivity index (χ0n) is 14.4. The van der Waals surface area contributed by atoms with Crippen molar-refractivity contribution in [2.45, 2.75) is 6.42 Å². The summed E-state index contributed by atoms with van der Waals surface area (Å²) in [5.41, 5.74) is 1.03. The molecule has 1 aromatic carbocycles. The summed E-state index contributed by atoms with van der Waals surface area (Å²) in [6.45, 7) is 0. The quantitative estimate of drug-likeness (QED) is 0.677. The molecule has 3 heterocycles. The molecule has 1 aromatic heterocycles. The molecule has 28 heavy (non-hydrogen) atoms. The van der Waals surface area contributed by atoms with E-state index in [1.54, 1.807) is 30.3 Å². The molecule has 0 fully saturated rings. The highest BCUT2D eigenvalue weighted by molar-refractivity contribution is 6.36. The molecule has 9 nitrogen and oxygen atoms in total. The number of carbonyl (C=O) groups is 2. The van der Waals surface area contributed by atoms with Gasteiger partial charge < -0.3 is 4.74 Å². The topological polar surface area (TPSA) is 119 Å². The van der Waals surface area contributed by atoms with E-state index in [0.717, 1.165) is 0 Å². The van der Waals surface area contributed by atoms with E-state index in [1.807, 2.05) is 0 Å².